The van der Waals surface area contributed by atoms with Crippen LogP contribution in [0.1, 0.15) is 51.0 Å². The third-order valence-electron chi connectivity index (χ3n) is 5.71. The number of carbonyl (C=O) groups excluding carboxylic acids is 2. The van der Waals surface area contributed by atoms with Gasteiger partial charge >= 0.3 is 6.03 Å². The lowest BCUT2D eigenvalue weighted by molar-refractivity contribution is -0.119. The number of nitrogens with zero attached hydrogens (tertiary/aromatic N) is 1. The fourth-order valence-electron chi connectivity index (χ4n) is 4.35. The number of hydrogen-bond donors (Lipinski definition) is 2. The molecule has 1 heterocycles. The van der Waals surface area contributed by atoms with Crippen molar-refractivity contribution in [1.82, 2.24) is 15.5 Å². The Morgan fingerprint density at radius 3 is 2.54 bits per heavy atom. The van der Waals surface area contributed by atoms with Crippen molar-refractivity contribution in [2.24, 2.45) is 0 Å². The van der Waals surface area contributed by atoms with Crippen molar-refractivity contribution in [2.45, 2.75) is 56.9 Å². The molecule has 26 heavy (non-hydrogen) atoms. The molecule has 1 atom stereocenters. The van der Waals surface area contributed by atoms with Crippen LogP contribution in [0.2, 0.25) is 0 Å². The van der Waals surface area contributed by atoms with E-state index in [1.807, 2.05) is 12.1 Å². The minimum absolute atomic E-state index is 0.0320. The first kappa shape index (κ1) is 18.7. The summed E-state index contributed by atoms with van der Waals surface area (Å²) < 4.78 is 13.3. The van der Waals surface area contributed by atoms with Gasteiger partial charge in [-0.3, -0.25) is 4.79 Å². The van der Waals surface area contributed by atoms with E-state index in [1.165, 1.54) is 19.1 Å². The number of halogens is 1. The summed E-state index contributed by atoms with van der Waals surface area (Å²) in [5.41, 5.74) is 1.00. The average Bonchev–Trinajstić information content (AvgIpc) is 3.10. The molecule has 1 saturated carbocycles. The molecule has 2 N–H and O–H groups in total. The molecule has 0 bridgehead atoms. The number of carbonyl (C=O) groups is 2. The highest BCUT2D eigenvalue weighted by Gasteiger charge is 2.36. The molecule has 6 heteroatoms. The van der Waals surface area contributed by atoms with Crippen molar-refractivity contribution in [3.63, 3.8) is 0 Å². The van der Waals surface area contributed by atoms with Gasteiger partial charge in [-0.05, 0) is 43.4 Å². The highest BCUT2D eigenvalue weighted by atomic mass is 19.1. The van der Waals surface area contributed by atoms with Gasteiger partial charge in [-0.2, -0.15) is 0 Å². The Labute approximate surface area is 154 Å². The van der Waals surface area contributed by atoms with Gasteiger partial charge in [-0.1, -0.05) is 25.0 Å². The Bertz CT molecular complexity index is 641. The van der Waals surface area contributed by atoms with Crippen LogP contribution in [0.4, 0.5) is 9.18 Å². The van der Waals surface area contributed by atoms with Crippen molar-refractivity contribution in [2.75, 3.05) is 19.6 Å². The first-order valence-electron chi connectivity index (χ1n) is 9.54. The lowest BCUT2D eigenvalue weighted by Gasteiger charge is -2.35. The summed E-state index contributed by atoms with van der Waals surface area (Å²) in [5.74, 6) is -0.290. The number of piperidine rings is 1. The highest BCUT2D eigenvalue weighted by molar-refractivity contribution is 5.75. The first-order chi connectivity index (χ1) is 12.5. The van der Waals surface area contributed by atoms with Crippen molar-refractivity contribution < 1.29 is 14.0 Å². The molecule has 1 aliphatic carbocycles. The fraction of sp³-hybridized carbons (Fsp3) is 0.600. The molecule has 1 saturated heterocycles. The highest BCUT2D eigenvalue weighted by Crippen LogP contribution is 2.40. The van der Waals surface area contributed by atoms with E-state index in [1.54, 1.807) is 4.90 Å². The molecule has 1 aromatic carbocycles. The van der Waals surface area contributed by atoms with E-state index in [-0.39, 0.29) is 29.2 Å². The van der Waals surface area contributed by atoms with E-state index < -0.39 is 0 Å². The average molecular weight is 361 g/mol. The number of likely N-dealkylation sites (tertiary alicyclic amines) is 1. The van der Waals surface area contributed by atoms with Gasteiger partial charge in [0.05, 0.1) is 0 Å². The molecule has 5 nitrogen and oxygen atoms in total. The molecule has 0 spiro atoms. The topological polar surface area (TPSA) is 61.4 Å². The largest absolute Gasteiger partial charge is 0.352 e. The van der Waals surface area contributed by atoms with Crippen LogP contribution in [0.5, 0.6) is 0 Å². The predicted molar refractivity (Wildman–Crippen MR) is 98.4 cm³/mol. The number of urea groups is 1. The molecule has 1 aliphatic heterocycles. The molecule has 0 radical (unpaired) electrons. The summed E-state index contributed by atoms with van der Waals surface area (Å²) in [5, 5.41) is 6.01. The van der Waals surface area contributed by atoms with Crippen molar-refractivity contribution >= 4 is 11.9 Å². The van der Waals surface area contributed by atoms with Crippen molar-refractivity contribution in [1.29, 1.82) is 0 Å². The van der Waals surface area contributed by atoms with Gasteiger partial charge < -0.3 is 15.5 Å². The lowest BCUT2D eigenvalue weighted by Crippen LogP contribution is -2.53. The molecule has 1 aromatic rings. The number of amides is 3. The normalized spacial score (nSPS) is 22.1. The molecule has 3 rings (SSSR count). The first-order valence-corrected chi connectivity index (χ1v) is 9.54. The zero-order chi connectivity index (χ0) is 18.6. The molecule has 0 aromatic heterocycles. The number of hydrogen-bond acceptors (Lipinski definition) is 2. The third-order valence-corrected chi connectivity index (χ3v) is 5.71. The Balaban J connectivity index is 1.61. The van der Waals surface area contributed by atoms with Gasteiger partial charge in [-0.25, -0.2) is 9.18 Å². The second-order valence-electron chi connectivity index (χ2n) is 7.64. The standard InChI is InChI=1S/C20H28FN3O2/c1-15(25)23-18-5-4-12-24(13-18)19(26)22-14-20(10-2-3-11-20)16-6-8-17(21)9-7-16/h6-9,18H,2-5,10-14H2,1H3,(H,22,26)(H,23,25). The molecule has 1 unspecified atom stereocenters. The zero-order valence-corrected chi connectivity index (χ0v) is 15.4. The number of benzene rings is 1. The third kappa shape index (κ3) is 4.34. The van der Waals surface area contributed by atoms with Crippen LogP contribution in [0.3, 0.4) is 0 Å². The second-order valence-corrected chi connectivity index (χ2v) is 7.64. The Morgan fingerprint density at radius 1 is 1.19 bits per heavy atom. The van der Waals surface area contributed by atoms with E-state index in [2.05, 4.69) is 10.6 Å². The van der Waals surface area contributed by atoms with E-state index in [0.29, 0.717) is 19.6 Å². The Kier molecular flexibility index (Phi) is 5.79. The minimum atomic E-state index is -0.233. The molecule has 2 fully saturated rings. The summed E-state index contributed by atoms with van der Waals surface area (Å²) in [6.07, 6.45) is 6.06. The van der Waals surface area contributed by atoms with E-state index >= 15 is 0 Å². The summed E-state index contributed by atoms with van der Waals surface area (Å²) in [6, 6.07) is 6.65. The van der Waals surface area contributed by atoms with Crippen LogP contribution < -0.4 is 10.6 Å². The second kappa shape index (κ2) is 8.06. The molecule has 2 aliphatic rings. The predicted octanol–water partition coefficient (Wildman–Crippen LogP) is 2.95. The van der Waals surface area contributed by atoms with Gasteiger partial charge in [0.1, 0.15) is 5.82 Å². The summed E-state index contributed by atoms with van der Waals surface area (Å²) in [6.45, 7) is 3.34. The van der Waals surface area contributed by atoms with Crippen LogP contribution in [-0.4, -0.2) is 42.5 Å². The maximum Gasteiger partial charge on any atom is 0.317 e. The number of nitrogens with one attached hydrogen (secondary N) is 2. The van der Waals surface area contributed by atoms with E-state index in [9.17, 15) is 14.0 Å². The fourth-order valence-corrected chi connectivity index (χ4v) is 4.35. The molecule has 3 amide bonds. The van der Waals surface area contributed by atoms with Gasteiger partial charge in [0, 0.05) is 38.0 Å². The van der Waals surface area contributed by atoms with E-state index in [0.717, 1.165) is 44.1 Å². The summed E-state index contributed by atoms with van der Waals surface area (Å²) >= 11 is 0. The molecular formula is C20H28FN3O2. The smallest absolute Gasteiger partial charge is 0.317 e. The van der Waals surface area contributed by atoms with Gasteiger partial charge in [0.2, 0.25) is 5.91 Å². The summed E-state index contributed by atoms with van der Waals surface area (Å²) in [7, 11) is 0. The van der Waals surface area contributed by atoms with Crippen LogP contribution in [-0.2, 0) is 10.2 Å². The Hall–Kier alpha value is -2.11. The maximum atomic E-state index is 13.3. The van der Waals surface area contributed by atoms with Crippen molar-refractivity contribution in [3.05, 3.63) is 35.6 Å². The number of rotatable bonds is 4. The Morgan fingerprint density at radius 2 is 1.88 bits per heavy atom. The van der Waals surface area contributed by atoms with Crippen LogP contribution >= 0.6 is 0 Å². The molecular weight excluding hydrogens is 333 g/mol. The minimum Gasteiger partial charge on any atom is -0.352 e. The van der Waals surface area contributed by atoms with Gasteiger partial charge in [0.25, 0.3) is 0 Å². The zero-order valence-electron chi connectivity index (χ0n) is 15.4. The van der Waals surface area contributed by atoms with E-state index in [4.69, 9.17) is 0 Å². The molecule has 142 valence electrons. The quantitative estimate of drug-likeness (QED) is 0.866. The van der Waals surface area contributed by atoms with Crippen molar-refractivity contribution in [3.8, 4) is 0 Å². The SMILES string of the molecule is CC(=O)NC1CCCN(C(=O)NCC2(c3ccc(F)cc3)CCCC2)C1. The van der Waals surface area contributed by atoms with Crippen LogP contribution in [0.15, 0.2) is 24.3 Å². The van der Waals surface area contributed by atoms with Gasteiger partial charge in [0.15, 0.2) is 0 Å². The van der Waals surface area contributed by atoms with Crippen LogP contribution in [0.25, 0.3) is 0 Å². The lowest BCUT2D eigenvalue weighted by atomic mass is 9.79. The monoisotopic (exact) mass is 361 g/mol. The van der Waals surface area contributed by atoms with Crippen LogP contribution in [0, 0.1) is 5.82 Å². The van der Waals surface area contributed by atoms with Gasteiger partial charge in [-0.15, -0.1) is 0 Å². The maximum absolute atomic E-state index is 13.3. The summed E-state index contributed by atoms with van der Waals surface area (Å²) in [4.78, 5) is 25.7.